The van der Waals surface area contributed by atoms with Crippen LogP contribution in [0.3, 0.4) is 0 Å². The van der Waals surface area contributed by atoms with Crippen molar-refractivity contribution < 1.29 is 9.90 Å². The molecule has 0 aromatic heterocycles. The molecule has 1 saturated heterocycles. The molecular formula is C9H19N3O2. The van der Waals surface area contributed by atoms with Crippen molar-refractivity contribution in [3.63, 3.8) is 0 Å². The van der Waals surface area contributed by atoms with Crippen molar-refractivity contribution in [2.75, 3.05) is 19.6 Å². The summed E-state index contributed by atoms with van der Waals surface area (Å²) < 4.78 is 0. The maximum Gasteiger partial charge on any atom is 0.314 e. The Kier molecular flexibility index (Phi) is 4.16. The summed E-state index contributed by atoms with van der Waals surface area (Å²) in [7, 11) is 0. The molecule has 0 spiro atoms. The second kappa shape index (κ2) is 5.17. The molecule has 1 rings (SSSR count). The van der Waals surface area contributed by atoms with E-state index in [4.69, 9.17) is 10.8 Å². The summed E-state index contributed by atoms with van der Waals surface area (Å²) in [6, 6.07) is 0.0687. The molecule has 1 heterocycles. The third-order valence-electron chi connectivity index (χ3n) is 2.51. The van der Waals surface area contributed by atoms with Crippen LogP contribution in [0.25, 0.3) is 0 Å². The van der Waals surface area contributed by atoms with Crippen molar-refractivity contribution in [1.82, 2.24) is 10.2 Å². The number of primary amides is 1. The Bertz CT molecular complexity index is 188. The highest BCUT2D eigenvalue weighted by Gasteiger charge is 2.20. The number of hydrogen-bond donors (Lipinski definition) is 3. The maximum atomic E-state index is 10.8. The van der Waals surface area contributed by atoms with Gasteiger partial charge in [0.05, 0.1) is 6.10 Å². The lowest BCUT2D eigenvalue weighted by molar-refractivity contribution is 0.164. The molecule has 0 aliphatic carbocycles. The van der Waals surface area contributed by atoms with Gasteiger partial charge in [0.25, 0.3) is 0 Å². The van der Waals surface area contributed by atoms with Crippen LogP contribution in [0.4, 0.5) is 4.79 Å². The topological polar surface area (TPSA) is 78.6 Å². The summed E-state index contributed by atoms with van der Waals surface area (Å²) in [4.78, 5) is 12.5. The van der Waals surface area contributed by atoms with Gasteiger partial charge in [0.2, 0.25) is 0 Å². The van der Waals surface area contributed by atoms with E-state index in [9.17, 15) is 4.79 Å². The monoisotopic (exact) mass is 201 g/mol. The number of hydrogen-bond acceptors (Lipinski definition) is 3. The third kappa shape index (κ3) is 3.51. The fourth-order valence-electron chi connectivity index (χ4n) is 1.64. The predicted molar refractivity (Wildman–Crippen MR) is 53.9 cm³/mol. The van der Waals surface area contributed by atoms with E-state index in [0.29, 0.717) is 25.7 Å². The molecular weight excluding hydrogens is 182 g/mol. The number of nitrogens with two attached hydrogens (primary N) is 1. The largest absolute Gasteiger partial charge is 0.392 e. The van der Waals surface area contributed by atoms with Gasteiger partial charge in [0.1, 0.15) is 0 Å². The Morgan fingerprint density at radius 1 is 1.64 bits per heavy atom. The number of likely N-dealkylation sites (tertiary alicyclic amines) is 1. The minimum Gasteiger partial charge on any atom is -0.392 e. The van der Waals surface area contributed by atoms with Crippen LogP contribution >= 0.6 is 0 Å². The minimum atomic E-state index is -0.334. The molecule has 1 fully saturated rings. The van der Waals surface area contributed by atoms with Gasteiger partial charge < -0.3 is 21.1 Å². The van der Waals surface area contributed by atoms with Crippen LogP contribution in [0.5, 0.6) is 0 Å². The number of rotatable bonds is 3. The first-order valence-electron chi connectivity index (χ1n) is 5.05. The van der Waals surface area contributed by atoms with Crippen LogP contribution < -0.4 is 11.1 Å². The molecule has 0 radical (unpaired) electrons. The molecule has 0 aromatic rings. The van der Waals surface area contributed by atoms with E-state index < -0.39 is 0 Å². The number of nitrogens with one attached hydrogen (secondary N) is 1. The maximum absolute atomic E-state index is 10.8. The molecule has 0 saturated carbocycles. The minimum absolute atomic E-state index is 0.316. The molecule has 1 aliphatic heterocycles. The molecule has 1 atom stereocenters. The number of urea groups is 1. The van der Waals surface area contributed by atoms with Crippen molar-refractivity contribution in [3.05, 3.63) is 0 Å². The molecule has 0 aromatic carbocycles. The number of piperidine rings is 1. The van der Waals surface area contributed by atoms with E-state index in [2.05, 4.69) is 5.32 Å². The van der Waals surface area contributed by atoms with Crippen LogP contribution in [-0.2, 0) is 0 Å². The first kappa shape index (κ1) is 11.3. The van der Waals surface area contributed by atoms with Crippen molar-refractivity contribution in [1.29, 1.82) is 0 Å². The van der Waals surface area contributed by atoms with E-state index >= 15 is 0 Å². The van der Waals surface area contributed by atoms with E-state index in [1.54, 1.807) is 11.8 Å². The molecule has 82 valence electrons. The van der Waals surface area contributed by atoms with Gasteiger partial charge in [-0.2, -0.15) is 0 Å². The van der Waals surface area contributed by atoms with Crippen LogP contribution in [0.2, 0.25) is 0 Å². The highest BCUT2D eigenvalue weighted by atomic mass is 16.3. The average Bonchev–Trinajstić information content (AvgIpc) is 2.15. The predicted octanol–water partition coefficient (Wildman–Crippen LogP) is -0.500. The zero-order chi connectivity index (χ0) is 10.6. The van der Waals surface area contributed by atoms with Gasteiger partial charge in [-0.3, -0.25) is 0 Å². The van der Waals surface area contributed by atoms with Crippen LogP contribution in [0.15, 0.2) is 0 Å². The fraction of sp³-hybridized carbons (Fsp3) is 0.889. The Balaban J connectivity index is 2.19. The summed E-state index contributed by atoms with van der Waals surface area (Å²) in [6.45, 7) is 3.80. The van der Waals surface area contributed by atoms with Crippen LogP contribution in [0.1, 0.15) is 19.8 Å². The van der Waals surface area contributed by atoms with Gasteiger partial charge in [-0.05, 0) is 19.8 Å². The summed E-state index contributed by atoms with van der Waals surface area (Å²) in [5, 5.41) is 12.3. The lowest BCUT2D eigenvalue weighted by Crippen LogP contribution is -2.47. The summed E-state index contributed by atoms with van der Waals surface area (Å²) >= 11 is 0. The molecule has 1 unspecified atom stereocenters. The zero-order valence-electron chi connectivity index (χ0n) is 8.57. The third-order valence-corrected chi connectivity index (χ3v) is 2.51. The van der Waals surface area contributed by atoms with Crippen LogP contribution in [0, 0.1) is 0 Å². The summed E-state index contributed by atoms with van der Waals surface area (Å²) in [5.74, 6) is 0. The average molecular weight is 201 g/mol. The Morgan fingerprint density at radius 3 is 2.64 bits per heavy atom. The zero-order valence-corrected chi connectivity index (χ0v) is 8.57. The van der Waals surface area contributed by atoms with Crippen molar-refractivity contribution in [3.8, 4) is 0 Å². The Morgan fingerprint density at radius 2 is 2.21 bits per heavy atom. The van der Waals surface area contributed by atoms with Gasteiger partial charge in [-0.15, -0.1) is 0 Å². The Hall–Kier alpha value is -0.810. The quantitative estimate of drug-likeness (QED) is 0.576. The van der Waals surface area contributed by atoms with Crippen molar-refractivity contribution >= 4 is 6.03 Å². The van der Waals surface area contributed by atoms with Crippen molar-refractivity contribution in [2.24, 2.45) is 5.73 Å². The first-order valence-corrected chi connectivity index (χ1v) is 5.05. The van der Waals surface area contributed by atoms with Gasteiger partial charge in [0.15, 0.2) is 0 Å². The summed E-state index contributed by atoms with van der Waals surface area (Å²) in [5.41, 5.74) is 5.16. The molecule has 14 heavy (non-hydrogen) atoms. The second-order valence-electron chi connectivity index (χ2n) is 3.86. The molecule has 1 aliphatic rings. The van der Waals surface area contributed by atoms with E-state index in [1.165, 1.54) is 0 Å². The number of amides is 2. The van der Waals surface area contributed by atoms with Gasteiger partial charge in [-0.25, -0.2) is 4.79 Å². The first-order chi connectivity index (χ1) is 6.59. The molecule has 5 nitrogen and oxygen atoms in total. The lowest BCUT2D eigenvalue weighted by Gasteiger charge is -2.31. The SMILES string of the molecule is CC(O)CNC1CCN(C(N)=O)CC1. The fourth-order valence-corrected chi connectivity index (χ4v) is 1.64. The van der Waals surface area contributed by atoms with E-state index in [1.807, 2.05) is 0 Å². The highest BCUT2D eigenvalue weighted by Crippen LogP contribution is 2.09. The number of nitrogens with zero attached hydrogens (tertiary/aromatic N) is 1. The molecule has 0 bridgehead atoms. The van der Waals surface area contributed by atoms with Crippen LogP contribution in [-0.4, -0.2) is 47.8 Å². The standard InChI is InChI=1S/C9H19N3O2/c1-7(13)6-11-8-2-4-12(5-3-8)9(10)14/h7-8,11,13H,2-6H2,1H3,(H2,10,14). The number of aliphatic hydroxyl groups is 1. The second-order valence-corrected chi connectivity index (χ2v) is 3.86. The van der Waals surface area contributed by atoms with E-state index in [0.717, 1.165) is 12.8 Å². The normalized spacial score (nSPS) is 20.9. The van der Waals surface area contributed by atoms with Gasteiger partial charge in [-0.1, -0.05) is 0 Å². The number of aliphatic hydroxyl groups excluding tert-OH is 1. The van der Waals surface area contributed by atoms with Gasteiger partial charge >= 0.3 is 6.03 Å². The number of carbonyl (C=O) groups is 1. The number of carbonyl (C=O) groups excluding carboxylic acids is 1. The summed E-state index contributed by atoms with van der Waals surface area (Å²) in [6.07, 6.45) is 1.51. The molecule has 2 amide bonds. The molecule has 4 N–H and O–H groups in total. The lowest BCUT2D eigenvalue weighted by atomic mass is 10.1. The smallest absolute Gasteiger partial charge is 0.314 e. The van der Waals surface area contributed by atoms with Gasteiger partial charge in [0, 0.05) is 25.7 Å². The Labute approximate surface area is 84.3 Å². The highest BCUT2D eigenvalue weighted by molar-refractivity contribution is 5.72. The van der Waals surface area contributed by atoms with Crippen molar-refractivity contribution in [2.45, 2.75) is 31.9 Å². The van der Waals surface area contributed by atoms with E-state index in [-0.39, 0.29) is 12.1 Å². The molecule has 5 heteroatoms.